The van der Waals surface area contributed by atoms with Crippen molar-refractivity contribution in [1.82, 2.24) is 19.9 Å². The summed E-state index contributed by atoms with van der Waals surface area (Å²) in [6, 6.07) is 20.6. The second-order valence-corrected chi connectivity index (χ2v) is 19.0. The number of aromatic nitrogens is 4. The number of pyridine rings is 2. The molecule has 1 aromatic carbocycles. The average molecular weight is 665 g/mol. The fourth-order valence-electron chi connectivity index (χ4n) is 5.63. The Morgan fingerprint density at radius 2 is 0.939 bits per heavy atom. The molecule has 0 atom stereocenters. The first kappa shape index (κ1) is 41.8. The minimum atomic E-state index is 0.168. The second kappa shape index (κ2) is 17.0. The van der Waals surface area contributed by atoms with Crippen molar-refractivity contribution in [1.29, 1.82) is 0 Å². The van der Waals surface area contributed by atoms with Crippen molar-refractivity contribution in [3.05, 3.63) is 120 Å². The molecule has 3 aliphatic rings. The van der Waals surface area contributed by atoms with Gasteiger partial charge in [0, 0.05) is 42.1 Å². The predicted octanol–water partition coefficient (Wildman–Crippen LogP) is 12.3. The summed E-state index contributed by atoms with van der Waals surface area (Å²) in [4.78, 5) is 16.2. The first-order valence-corrected chi connectivity index (χ1v) is 18.1. The molecule has 4 nitrogen and oxygen atoms in total. The van der Waals surface area contributed by atoms with Crippen LogP contribution in [0, 0.1) is 16.7 Å². The SMILES string of the molecule is CC(C)(C)C12CC(C1)C2.CC(C)(C)c1ccccc1.CC(C)(C)c1ccccn1.CC(C)(C)c1cccnc1.CC(C)(C)c1cncnc1. The van der Waals surface area contributed by atoms with Gasteiger partial charge in [0.15, 0.2) is 0 Å². The molecular formula is C45H68N4. The van der Waals surface area contributed by atoms with Crippen LogP contribution in [0.25, 0.3) is 0 Å². The van der Waals surface area contributed by atoms with Crippen molar-refractivity contribution in [3.8, 4) is 0 Å². The zero-order valence-electron chi connectivity index (χ0n) is 33.7. The summed E-state index contributed by atoms with van der Waals surface area (Å²) in [6.07, 6.45) is 15.4. The molecule has 3 heterocycles. The van der Waals surface area contributed by atoms with Crippen molar-refractivity contribution >= 4 is 0 Å². The highest BCUT2D eigenvalue weighted by atomic mass is 14.8. The average Bonchev–Trinajstić information content (AvgIpc) is 2.96. The van der Waals surface area contributed by atoms with Gasteiger partial charge in [-0.15, -0.1) is 0 Å². The summed E-state index contributed by atoms with van der Waals surface area (Å²) in [7, 11) is 0. The standard InChI is InChI=1S/C10H14.2C9H13N.C9H16.C8H12N2/c1-10(2,3)9-7-5-4-6-8-9;1-9(2,3)8-5-4-6-10-7-8;1-9(2,3)8-6-4-5-7-10-8;1-8(2,3)9-4-7(5-9)6-9;1-8(2,3)7-4-9-6-10-5-7/h4-8H,1-3H3;2*4-7H,1-3H3;7H,4-6H2,1-3H3;4-6H,1-3H3. The molecule has 2 bridgehead atoms. The molecule has 0 aliphatic heterocycles. The molecule has 3 aromatic heterocycles. The van der Waals surface area contributed by atoms with Crippen molar-refractivity contribution < 1.29 is 0 Å². The maximum atomic E-state index is 4.25. The fourth-order valence-corrected chi connectivity index (χ4v) is 5.63. The predicted molar refractivity (Wildman–Crippen MR) is 211 cm³/mol. The molecule has 0 amide bonds. The molecule has 268 valence electrons. The number of rotatable bonds is 0. The van der Waals surface area contributed by atoms with Crippen LogP contribution in [0.3, 0.4) is 0 Å². The molecule has 0 radical (unpaired) electrons. The van der Waals surface area contributed by atoms with E-state index in [1.807, 2.05) is 43.0 Å². The lowest BCUT2D eigenvalue weighted by Crippen LogP contribution is -2.58. The Hall–Kier alpha value is -3.40. The summed E-state index contributed by atoms with van der Waals surface area (Å²) in [6.45, 7) is 33.3. The van der Waals surface area contributed by atoms with Crippen molar-refractivity contribution in [3.63, 3.8) is 0 Å². The minimum absolute atomic E-state index is 0.168. The van der Waals surface area contributed by atoms with Crippen LogP contribution in [0.1, 0.15) is 146 Å². The zero-order valence-corrected chi connectivity index (χ0v) is 33.7. The van der Waals surface area contributed by atoms with Crippen LogP contribution in [0.2, 0.25) is 0 Å². The van der Waals surface area contributed by atoms with Gasteiger partial charge in [-0.1, -0.05) is 146 Å². The maximum absolute atomic E-state index is 4.25. The van der Waals surface area contributed by atoms with E-state index in [1.54, 1.807) is 12.5 Å². The number of benzene rings is 1. The van der Waals surface area contributed by atoms with Gasteiger partial charge in [-0.25, -0.2) is 9.97 Å². The molecule has 0 saturated heterocycles. The summed E-state index contributed by atoms with van der Waals surface area (Å²) in [5, 5.41) is 0. The number of hydrogen-bond donors (Lipinski definition) is 0. The van der Waals surface area contributed by atoms with Crippen molar-refractivity contribution in [2.45, 2.75) is 145 Å². The van der Waals surface area contributed by atoms with Crippen LogP contribution in [-0.4, -0.2) is 19.9 Å². The van der Waals surface area contributed by atoms with Gasteiger partial charge in [0.25, 0.3) is 0 Å². The number of nitrogens with zero attached hydrogens (tertiary/aromatic N) is 4. The molecule has 3 aliphatic carbocycles. The lowest BCUT2D eigenvalue weighted by Gasteiger charge is -2.68. The van der Waals surface area contributed by atoms with Gasteiger partial charge in [-0.2, -0.15) is 0 Å². The van der Waals surface area contributed by atoms with E-state index in [4.69, 9.17) is 0 Å². The van der Waals surface area contributed by atoms with E-state index in [0.29, 0.717) is 10.8 Å². The van der Waals surface area contributed by atoms with Crippen LogP contribution in [0.4, 0.5) is 0 Å². The molecule has 49 heavy (non-hydrogen) atoms. The summed E-state index contributed by atoms with van der Waals surface area (Å²) < 4.78 is 0. The smallest absolute Gasteiger partial charge is 0.115 e. The third-order valence-electron chi connectivity index (χ3n) is 9.66. The van der Waals surface area contributed by atoms with Gasteiger partial charge >= 0.3 is 0 Å². The molecule has 3 fully saturated rings. The molecule has 7 rings (SSSR count). The van der Waals surface area contributed by atoms with E-state index in [1.165, 1.54) is 36.0 Å². The van der Waals surface area contributed by atoms with Crippen LogP contribution < -0.4 is 0 Å². The van der Waals surface area contributed by atoms with Crippen molar-refractivity contribution in [2.24, 2.45) is 16.7 Å². The van der Waals surface area contributed by atoms with E-state index in [9.17, 15) is 0 Å². The highest BCUT2D eigenvalue weighted by Crippen LogP contribution is 2.71. The van der Waals surface area contributed by atoms with E-state index in [0.717, 1.165) is 17.0 Å². The fraction of sp³-hybridized carbons (Fsp3) is 0.556. The Labute approximate surface area is 301 Å². The van der Waals surface area contributed by atoms with E-state index < -0.39 is 0 Å². The van der Waals surface area contributed by atoms with E-state index in [2.05, 4.69) is 166 Å². The van der Waals surface area contributed by atoms with Crippen LogP contribution in [0.15, 0.2) is 98.0 Å². The quantitative estimate of drug-likeness (QED) is 0.188. The maximum Gasteiger partial charge on any atom is 0.115 e. The molecule has 4 aromatic rings. The van der Waals surface area contributed by atoms with Crippen LogP contribution >= 0.6 is 0 Å². The molecule has 0 spiro atoms. The minimum Gasteiger partial charge on any atom is -0.264 e. The van der Waals surface area contributed by atoms with E-state index >= 15 is 0 Å². The van der Waals surface area contributed by atoms with Gasteiger partial charge in [-0.3, -0.25) is 9.97 Å². The Morgan fingerprint density at radius 3 is 1.18 bits per heavy atom. The highest BCUT2D eigenvalue weighted by molar-refractivity contribution is 5.22. The molecule has 0 N–H and O–H groups in total. The van der Waals surface area contributed by atoms with Gasteiger partial charge in [0.2, 0.25) is 0 Å². The Bertz CT molecular complexity index is 1250. The number of hydrogen-bond acceptors (Lipinski definition) is 4. The molecule has 3 saturated carbocycles. The Morgan fingerprint density at radius 1 is 0.469 bits per heavy atom. The Kier molecular flexibility index (Phi) is 14.5. The van der Waals surface area contributed by atoms with E-state index in [-0.39, 0.29) is 16.2 Å². The summed E-state index contributed by atoms with van der Waals surface area (Å²) in [5.41, 5.74) is 7.28. The lowest BCUT2D eigenvalue weighted by molar-refractivity contribution is -0.181. The first-order valence-electron chi connectivity index (χ1n) is 18.1. The zero-order chi connectivity index (χ0) is 37.2. The molecule has 0 unspecified atom stereocenters. The second-order valence-electron chi connectivity index (χ2n) is 19.0. The first-order chi connectivity index (χ1) is 22.5. The molecule has 4 heteroatoms. The topological polar surface area (TPSA) is 51.6 Å². The van der Waals surface area contributed by atoms with Crippen molar-refractivity contribution in [2.75, 3.05) is 0 Å². The van der Waals surface area contributed by atoms with Crippen LogP contribution in [0.5, 0.6) is 0 Å². The largest absolute Gasteiger partial charge is 0.264 e. The normalized spacial score (nSPS) is 18.1. The summed E-state index contributed by atoms with van der Waals surface area (Å²) >= 11 is 0. The third-order valence-corrected chi connectivity index (χ3v) is 9.66. The molecular weight excluding hydrogens is 597 g/mol. The monoisotopic (exact) mass is 665 g/mol. The van der Waals surface area contributed by atoms with Crippen LogP contribution in [-0.2, 0) is 21.7 Å². The lowest BCUT2D eigenvalue weighted by atomic mass is 9.37. The van der Waals surface area contributed by atoms with Gasteiger partial charge in [0.05, 0.1) is 0 Å². The van der Waals surface area contributed by atoms with Gasteiger partial charge in [0.1, 0.15) is 6.33 Å². The van der Waals surface area contributed by atoms with Gasteiger partial charge < -0.3 is 0 Å². The summed E-state index contributed by atoms with van der Waals surface area (Å²) in [5.74, 6) is 1.14. The highest BCUT2D eigenvalue weighted by Gasteiger charge is 2.61. The van der Waals surface area contributed by atoms with Gasteiger partial charge in [-0.05, 0) is 87.1 Å². The Balaban J connectivity index is 0.000000213. The third kappa shape index (κ3) is 13.8.